The van der Waals surface area contributed by atoms with Crippen LogP contribution in [0.4, 0.5) is 0 Å². The molecule has 2 heterocycles. The molecular formula is C13H21N3O. The zero-order valence-electron chi connectivity index (χ0n) is 10.5. The van der Waals surface area contributed by atoms with Crippen molar-refractivity contribution in [1.82, 2.24) is 15.5 Å². The van der Waals surface area contributed by atoms with Crippen LogP contribution >= 0.6 is 0 Å². The summed E-state index contributed by atoms with van der Waals surface area (Å²) in [4.78, 5) is 4.65. The maximum absolute atomic E-state index is 5.47. The van der Waals surface area contributed by atoms with Gasteiger partial charge in [-0.05, 0) is 25.3 Å². The first-order valence-electron chi connectivity index (χ1n) is 6.89. The lowest BCUT2D eigenvalue weighted by Gasteiger charge is -2.17. The predicted octanol–water partition coefficient (Wildman–Crippen LogP) is 2.44. The second-order valence-electron chi connectivity index (χ2n) is 5.57. The van der Waals surface area contributed by atoms with E-state index in [0.29, 0.717) is 17.8 Å². The summed E-state index contributed by atoms with van der Waals surface area (Å²) < 4.78 is 5.47. The number of aromatic nitrogens is 2. The monoisotopic (exact) mass is 235 g/mol. The molecule has 0 amide bonds. The van der Waals surface area contributed by atoms with E-state index in [9.17, 15) is 0 Å². The Bertz CT molecular complexity index is 370. The highest BCUT2D eigenvalue weighted by atomic mass is 16.5. The summed E-state index contributed by atoms with van der Waals surface area (Å²) in [6, 6.07) is 0. The van der Waals surface area contributed by atoms with Gasteiger partial charge < -0.3 is 9.84 Å². The summed E-state index contributed by atoms with van der Waals surface area (Å²) in [7, 11) is 0. The van der Waals surface area contributed by atoms with Crippen LogP contribution in [-0.2, 0) is 0 Å². The topological polar surface area (TPSA) is 51.0 Å². The van der Waals surface area contributed by atoms with Gasteiger partial charge in [-0.1, -0.05) is 31.3 Å². The predicted molar refractivity (Wildman–Crippen MR) is 64.9 cm³/mol. The van der Waals surface area contributed by atoms with Gasteiger partial charge in [-0.2, -0.15) is 4.98 Å². The van der Waals surface area contributed by atoms with Gasteiger partial charge in [-0.15, -0.1) is 0 Å². The summed E-state index contributed by atoms with van der Waals surface area (Å²) in [5.74, 6) is 3.38. The number of nitrogens with one attached hydrogen (secondary N) is 1. The molecule has 1 aromatic rings. The van der Waals surface area contributed by atoms with Crippen LogP contribution in [0.15, 0.2) is 4.52 Å². The minimum atomic E-state index is 0.417. The van der Waals surface area contributed by atoms with Crippen molar-refractivity contribution in [3.63, 3.8) is 0 Å². The first-order chi connectivity index (χ1) is 8.34. The van der Waals surface area contributed by atoms with E-state index in [1.54, 1.807) is 0 Å². The van der Waals surface area contributed by atoms with Gasteiger partial charge in [0.25, 0.3) is 0 Å². The van der Waals surface area contributed by atoms with Crippen LogP contribution in [0.5, 0.6) is 0 Å². The SMILES string of the molecule is C[C@@H]1CNC[C@H]1c1nc(C2CCCCC2)no1. The zero-order chi connectivity index (χ0) is 11.7. The summed E-state index contributed by atoms with van der Waals surface area (Å²) in [6.45, 7) is 4.29. The molecule has 17 heavy (non-hydrogen) atoms. The maximum Gasteiger partial charge on any atom is 0.231 e. The number of hydrogen-bond donors (Lipinski definition) is 1. The molecule has 1 aromatic heterocycles. The lowest BCUT2D eigenvalue weighted by atomic mass is 9.89. The second-order valence-corrected chi connectivity index (χ2v) is 5.57. The first-order valence-corrected chi connectivity index (χ1v) is 6.89. The fourth-order valence-electron chi connectivity index (χ4n) is 3.07. The molecule has 94 valence electrons. The summed E-state index contributed by atoms with van der Waals surface area (Å²) in [5.41, 5.74) is 0. The number of rotatable bonds is 2. The Morgan fingerprint density at radius 3 is 2.71 bits per heavy atom. The van der Waals surface area contributed by atoms with Crippen LogP contribution in [0.1, 0.15) is 62.6 Å². The third-order valence-corrected chi connectivity index (χ3v) is 4.26. The van der Waals surface area contributed by atoms with Gasteiger partial charge >= 0.3 is 0 Å². The molecule has 2 aliphatic rings. The summed E-state index contributed by atoms with van der Waals surface area (Å²) >= 11 is 0. The third kappa shape index (κ3) is 2.23. The Balaban J connectivity index is 1.73. The van der Waals surface area contributed by atoms with Crippen molar-refractivity contribution >= 4 is 0 Å². The van der Waals surface area contributed by atoms with Crippen molar-refractivity contribution in [2.75, 3.05) is 13.1 Å². The van der Waals surface area contributed by atoms with Gasteiger partial charge in [0, 0.05) is 12.5 Å². The van der Waals surface area contributed by atoms with E-state index in [-0.39, 0.29) is 0 Å². The molecule has 4 nitrogen and oxygen atoms in total. The minimum absolute atomic E-state index is 0.417. The Hall–Kier alpha value is -0.900. The van der Waals surface area contributed by atoms with Crippen molar-refractivity contribution in [2.45, 2.75) is 50.9 Å². The highest BCUT2D eigenvalue weighted by Gasteiger charge is 2.30. The van der Waals surface area contributed by atoms with Crippen LogP contribution < -0.4 is 5.32 Å². The van der Waals surface area contributed by atoms with Gasteiger partial charge in [0.2, 0.25) is 5.89 Å². The average molecular weight is 235 g/mol. The summed E-state index contributed by atoms with van der Waals surface area (Å²) in [5, 5.41) is 7.59. The van der Waals surface area contributed by atoms with Gasteiger partial charge in [-0.3, -0.25) is 0 Å². The fourth-order valence-corrected chi connectivity index (χ4v) is 3.07. The Morgan fingerprint density at radius 2 is 2.00 bits per heavy atom. The first kappa shape index (κ1) is 11.2. The molecule has 0 bridgehead atoms. The molecular weight excluding hydrogens is 214 g/mol. The van der Waals surface area contributed by atoms with Crippen LogP contribution in [0.3, 0.4) is 0 Å². The third-order valence-electron chi connectivity index (χ3n) is 4.26. The molecule has 3 rings (SSSR count). The van der Waals surface area contributed by atoms with Crippen molar-refractivity contribution < 1.29 is 4.52 Å². The number of hydrogen-bond acceptors (Lipinski definition) is 4. The Morgan fingerprint density at radius 1 is 1.18 bits per heavy atom. The summed E-state index contributed by atoms with van der Waals surface area (Å²) in [6.07, 6.45) is 6.46. The highest BCUT2D eigenvalue weighted by molar-refractivity contribution is 5.04. The molecule has 2 fully saturated rings. The molecule has 1 saturated heterocycles. The second kappa shape index (κ2) is 4.77. The Kier molecular flexibility index (Phi) is 3.14. The lowest BCUT2D eigenvalue weighted by molar-refractivity contribution is 0.330. The van der Waals surface area contributed by atoms with E-state index in [2.05, 4.69) is 22.4 Å². The molecule has 0 unspecified atom stereocenters. The molecule has 1 aliphatic heterocycles. The largest absolute Gasteiger partial charge is 0.339 e. The Labute approximate surface area is 102 Å². The number of nitrogens with zero attached hydrogens (tertiary/aromatic N) is 2. The molecule has 1 aliphatic carbocycles. The van der Waals surface area contributed by atoms with E-state index in [1.165, 1.54) is 32.1 Å². The molecule has 4 heteroatoms. The highest BCUT2D eigenvalue weighted by Crippen LogP contribution is 2.33. The van der Waals surface area contributed by atoms with E-state index in [0.717, 1.165) is 24.8 Å². The van der Waals surface area contributed by atoms with Gasteiger partial charge in [0.1, 0.15) is 0 Å². The molecule has 0 aromatic carbocycles. The van der Waals surface area contributed by atoms with Gasteiger partial charge in [0.15, 0.2) is 5.82 Å². The standard InChI is InChI=1S/C13H21N3O/c1-9-7-14-8-11(9)13-15-12(16-17-13)10-5-3-2-4-6-10/h9-11,14H,2-8H2,1H3/t9-,11-/m1/s1. The normalized spacial score (nSPS) is 30.9. The maximum atomic E-state index is 5.47. The van der Waals surface area contributed by atoms with E-state index < -0.39 is 0 Å². The van der Waals surface area contributed by atoms with Gasteiger partial charge in [0.05, 0.1) is 5.92 Å². The molecule has 0 spiro atoms. The van der Waals surface area contributed by atoms with Crippen molar-refractivity contribution in [2.24, 2.45) is 5.92 Å². The molecule has 1 saturated carbocycles. The fraction of sp³-hybridized carbons (Fsp3) is 0.846. The zero-order valence-corrected chi connectivity index (χ0v) is 10.5. The smallest absolute Gasteiger partial charge is 0.231 e. The molecule has 1 N–H and O–H groups in total. The van der Waals surface area contributed by atoms with Crippen molar-refractivity contribution in [3.8, 4) is 0 Å². The van der Waals surface area contributed by atoms with Crippen molar-refractivity contribution in [3.05, 3.63) is 11.7 Å². The average Bonchev–Trinajstić information content (AvgIpc) is 2.98. The van der Waals surface area contributed by atoms with E-state index >= 15 is 0 Å². The van der Waals surface area contributed by atoms with E-state index in [1.807, 2.05) is 0 Å². The molecule has 2 atom stereocenters. The van der Waals surface area contributed by atoms with E-state index in [4.69, 9.17) is 4.52 Å². The van der Waals surface area contributed by atoms with Crippen LogP contribution in [0.25, 0.3) is 0 Å². The van der Waals surface area contributed by atoms with Crippen LogP contribution in [-0.4, -0.2) is 23.2 Å². The van der Waals surface area contributed by atoms with Crippen LogP contribution in [0.2, 0.25) is 0 Å². The quantitative estimate of drug-likeness (QED) is 0.855. The van der Waals surface area contributed by atoms with Gasteiger partial charge in [-0.25, -0.2) is 0 Å². The molecule has 0 radical (unpaired) electrons. The van der Waals surface area contributed by atoms with Crippen LogP contribution in [0, 0.1) is 5.92 Å². The lowest BCUT2D eigenvalue weighted by Crippen LogP contribution is -2.09. The minimum Gasteiger partial charge on any atom is -0.339 e. The van der Waals surface area contributed by atoms with Crippen molar-refractivity contribution in [1.29, 1.82) is 0 Å².